The van der Waals surface area contributed by atoms with Crippen molar-refractivity contribution in [2.75, 3.05) is 31.8 Å². The molecule has 1 heterocycles. The second-order valence-electron chi connectivity index (χ2n) is 2.42. The molecule has 2 amide bonds. The van der Waals surface area contributed by atoms with Gasteiger partial charge in [-0.1, -0.05) is 0 Å². The Kier molecular flexibility index (Phi) is 3.55. The monoisotopic (exact) mass is 189 g/mol. The highest BCUT2D eigenvalue weighted by atomic mass is 32.2. The second kappa shape index (κ2) is 4.47. The van der Waals surface area contributed by atoms with Crippen LogP contribution in [0.1, 0.15) is 0 Å². The standard InChI is InChI=1S/C7H11NO3S/c1-12-3-2-8-6(9)4-11-5-7(8)10/h2-5H2,1H3. The molecule has 1 fully saturated rings. The van der Waals surface area contributed by atoms with Crippen molar-refractivity contribution in [3.63, 3.8) is 0 Å². The number of imide groups is 1. The summed E-state index contributed by atoms with van der Waals surface area (Å²) in [6.07, 6.45) is 1.94. The first-order valence-electron chi connectivity index (χ1n) is 3.65. The molecule has 0 aromatic carbocycles. The topological polar surface area (TPSA) is 46.6 Å². The molecule has 1 rings (SSSR count). The van der Waals surface area contributed by atoms with E-state index in [0.717, 1.165) is 5.75 Å². The Hall–Kier alpha value is -0.550. The van der Waals surface area contributed by atoms with Gasteiger partial charge in [-0.3, -0.25) is 14.5 Å². The highest BCUT2D eigenvalue weighted by molar-refractivity contribution is 7.98. The zero-order chi connectivity index (χ0) is 8.97. The first kappa shape index (κ1) is 9.54. The third-order valence-electron chi connectivity index (χ3n) is 1.57. The summed E-state index contributed by atoms with van der Waals surface area (Å²) in [5, 5.41) is 0. The predicted octanol–water partition coefficient (Wildman–Crippen LogP) is -0.265. The number of nitrogens with zero attached hydrogens (tertiary/aromatic N) is 1. The van der Waals surface area contributed by atoms with Gasteiger partial charge in [0.25, 0.3) is 11.8 Å². The van der Waals surface area contributed by atoms with Crippen LogP contribution in [-0.4, -0.2) is 48.5 Å². The Morgan fingerprint density at radius 2 is 2.00 bits per heavy atom. The van der Waals surface area contributed by atoms with Gasteiger partial charge in [-0.15, -0.1) is 0 Å². The first-order valence-corrected chi connectivity index (χ1v) is 5.05. The smallest absolute Gasteiger partial charge is 0.255 e. The summed E-state index contributed by atoms with van der Waals surface area (Å²) in [6, 6.07) is 0. The normalized spacial score (nSPS) is 18.6. The molecule has 68 valence electrons. The van der Waals surface area contributed by atoms with Gasteiger partial charge in [-0.2, -0.15) is 11.8 Å². The first-order chi connectivity index (χ1) is 5.75. The minimum atomic E-state index is -0.222. The van der Waals surface area contributed by atoms with Gasteiger partial charge in [0.15, 0.2) is 0 Å². The number of carbonyl (C=O) groups is 2. The summed E-state index contributed by atoms with van der Waals surface area (Å²) < 4.78 is 4.76. The van der Waals surface area contributed by atoms with Crippen LogP contribution >= 0.6 is 11.8 Å². The van der Waals surface area contributed by atoms with Crippen LogP contribution in [0, 0.1) is 0 Å². The zero-order valence-electron chi connectivity index (χ0n) is 6.91. The third kappa shape index (κ3) is 2.22. The van der Waals surface area contributed by atoms with Gasteiger partial charge in [-0.25, -0.2) is 0 Å². The molecule has 0 spiro atoms. The summed E-state index contributed by atoms with van der Waals surface area (Å²) in [4.78, 5) is 23.4. The SMILES string of the molecule is CSCCN1C(=O)COCC1=O. The van der Waals surface area contributed by atoms with E-state index in [9.17, 15) is 9.59 Å². The molecule has 0 radical (unpaired) electrons. The highest BCUT2D eigenvalue weighted by Crippen LogP contribution is 2.02. The maximum Gasteiger partial charge on any atom is 0.255 e. The molecule has 0 N–H and O–H groups in total. The average Bonchev–Trinajstić information content (AvgIpc) is 2.04. The van der Waals surface area contributed by atoms with E-state index in [4.69, 9.17) is 4.74 Å². The lowest BCUT2D eigenvalue weighted by Gasteiger charge is -2.24. The van der Waals surface area contributed by atoms with Crippen LogP contribution in [0.2, 0.25) is 0 Å². The lowest BCUT2D eigenvalue weighted by Crippen LogP contribution is -2.47. The molecule has 0 aliphatic carbocycles. The van der Waals surface area contributed by atoms with Crippen LogP contribution in [0.25, 0.3) is 0 Å². The lowest BCUT2D eigenvalue weighted by atomic mass is 10.4. The number of amides is 2. The van der Waals surface area contributed by atoms with Gasteiger partial charge in [0.05, 0.1) is 0 Å². The van der Waals surface area contributed by atoms with E-state index in [0.29, 0.717) is 6.54 Å². The summed E-state index contributed by atoms with van der Waals surface area (Å²) >= 11 is 1.61. The predicted molar refractivity (Wildman–Crippen MR) is 45.9 cm³/mol. The van der Waals surface area contributed by atoms with E-state index in [-0.39, 0.29) is 25.0 Å². The Bertz CT molecular complexity index is 179. The maximum atomic E-state index is 11.1. The molecule has 4 nitrogen and oxygen atoms in total. The van der Waals surface area contributed by atoms with Crippen molar-refractivity contribution in [1.29, 1.82) is 0 Å². The summed E-state index contributed by atoms with van der Waals surface area (Å²) in [5.41, 5.74) is 0. The Morgan fingerprint density at radius 3 is 2.50 bits per heavy atom. The fourth-order valence-electron chi connectivity index (χ4n) is 0.953. The summed E-state index contributed by atoms with van der Waals surface area (Å²) in [6.45, 7) is 0.586. The van der Waals surface area contributed by atoms with Crippen LogP contribution in [-0.2, 0) is 14.3 Å². The number of rotatable bonds is 3. The van der Waals surface area contributed by atoms with E-state index in [1.807, 2.05) is 6.26 Å². The number of hydrogen-bond acceptors (Lipinski definition) is 4. The van der Waals surface area contributed by atoms with Crippen molar-refractivity contribution < 1.29 is 14.3 Å². The highest BCUT2D eigenvalue weighted by Gasteiger charge is 2.25. The van der Waals surface area contributed by atoms with Gasteiger partial charge in [0.2, 0.25) is 0 Å². The Labute approximate surface area is 75.2 Å². The molecular formula is C7H11NO3S. The molecule has 0 bridgehead atoms. The largest absolute Gasteiger partial charge is 0.362 e. The number of ether oxygens (including phenoxy) is 1. The van der Waals surface area contributed by atoms with E-state index in [2.05, 4.69) is 0 Å². The molecule has 1 aliphatic rings. The fourth-order valence-corrected chi connectivity index (χ4v) is 1.32. The molecule has 0 aromatic rings. The van der Waals surface area contributed by atoms with Gasteiger partial charge < -0.3 is 4.74 Å². The van der Waals surface area contributed by atoms with Crippen molar-refractivity contribution in [3.05, 3.63) is 0 Å². The molecule has 12 heavy (non-hydrogen) atoms. The van der Waals surface area contributed by atoms with E-state index in [1.54, 1.807) is 11.8 Å². The van der Waals surface area contributed by atoms with Gasteiger partial charge in [-0.05, 0) is 6.26 Å². The minimum absolute atomic E-state index is 0.0418. The summed E-state index contributed by atoms with van der Waals surface area (Å²) in [5.74, 6) is 0.345. The fraction of sp³-hybridized carbons (Fsp3) is 0.714. The number of hydrogen-bond donors (Lipinski definition) is 0. The number of thioether (sulfide) groups is 1. The molecule has 0 atom stereocenters. The van der Waals surface area contributed by atoms with E-state index in [1.165, 1.54) is 4.90 Å². The summed E-state index contributed by atoms with van der Waals surface area (Å²) in [7, 11) is 0. The maximum absolute atomic E-state index is 11.1. The Balaban J connectivity index is 2.45. The van der Waals surface area contributed by atoms with Crippen molar-refractivity contribution >= 4 is 23.6 Å². The second-order valence-corrected chi connectivity index (χ2v) is 3.41. The van der Waals surface area contributed by atoms with Crippen LogP contribution in [0.15, 0.2) is 0 Å². The number of carbonyl (C=O) groups excluding carboxylic acids is 2. The van der Waals surface area contributed by atoms with Gasteiger partial charge in [0.1, 0.15) is 13.2 Å². The van der Waals surface area contributed by atoms with Crippen molar-refractivity contribution in [2.45, 2.75) is 0 Å². The van der Waals surface area contributed by atoms with Gasteiger partial charge >= 0.3 is 0 Å². The molecular weight excluding hydrogens is 178 g/mol. The Morgan fingerprint density at radius 1 is 1.42 bits per heavy atom. The van der Waals surface area contributed by atoms with Crippen LogP contribution in [0.5, 0.6) is 0 Å². The molecule has 1 saturated heterocycles. The van der Waals surface area contributed by atoms with Crippen molar-refractivity contribution in [1.82, 2.24) is 4.90 Å². The van der Waals surface area contributed by atoms with Gasteiger partial charge in [0, 0.05) is 12.3 Å². The lowest BCUT2D eigenvalue weighted by molar-refractivity contribution is -0.157. The zero-order valence-corrected chi connectivity index (χ0v) is 7.73. The quantitative estimate of drug-likeness (QED) is 0.574. The van der Waals surface area contributed by atoms with Crippen LogP contribution < -0.4 is 0 Å². The van der Waals surface area contributed by atoms with E-state index < -0.39 is 0 Å². The molecule has 0 unspecified atom stereocenters. The van der Waals surface area contributed by atoms with Crippen molar-refractivity contribution in [2.24, 2.45) is 0 Å². The third-order valence-corrected chi connectivity index (χ3v) is 2.16. The van der Waals surface area contributed by atoms with Crippen LogP contribution in [0.3, 0.4) is 0 Å². The minimum Gasteiger partial charge on any atom is -0.362 e. The molecule has 5 heteroatoms. The average molecular weight is 189 g/mol. The molecule has 0 saturated carbocycles. The van der Waals surface area contributed by atoms with Crippen molar-refractivity contribution in [3.8, 4) is 0 Å². The number of morpholine rings is 1. The van der Waals surface area contributed by atoms with E-state index >= 15 is 0 Å². The van der Waals surface area contributed by atoms with Crippen LogP contribution in [0.4, 0.5) is 0 Å². The molecule has 1 aliphatic heterocycles. The molecule has 0 aromatic heterocycles.